The number of nitrogen functional groups attached to an aromatic ring is 1. The van der Waals surface area contributed by atoms with E-state index in [0.717, 1.165) is 44.0 Å². The van der Waals surface area contributed by atoms with Crippen LogP contribution in [0.25, 0.3) is 0 Å². The van der Waals surface area contributed by atoms with E-state index >= 15 is 0 Å². The number of amides is 1. The number of carbonyl (C=O) groups excluding carboxylic acids is 1. The molecule has 132 valence electrons. The minimum absolute atomic E-state index is 0.210. The second kappa shape index (κ2) is 7.28. The fraction of sp³-hybridized carbons (Fsp3) is 0.381. The van der Waals surface area contributed by atoms with Gasteiger partial charge in [0, 0.05) is 38.4 Å². The van der Waals surface area contributed by atoms with Crippen LogP contribution in [0.15, 0.2) is 54.6 Å². The molecule has 0 atom stereocenters. The molecule has 0 unspecified atom stereocenters. The summed E-state index contributed by atoms with van der Waals surface area (Å²) in [6.45, 7) is 8.26. The monoisotopic (exact) mass is 337 g/mol. The molecule has 0 bridgehead atoms. The van der Waals surface area contributed by atoms with Gasteiger partial charge >= 0.3 is 0 Å². The Labute approximate surface area is 150 Å². The van der Waals surface area contributed by atoms with E-state index in [9.17, 15) is 4.79 Å². The molecular formula is C21H27N3O. The van der Waals surface area contributed by atoms with E-state index in [-0.39, 0.29) is 5.91 Å². The summed E-state index contributed by atoms with van der Waals surface area (Å²) in [5, 5.41) is 0. The minimum atomic E-state index is -0.489. The molecule has 0 radical (unpaired) electrons. The van der Waals surface area contributed by atoms with Crippen LogP contribution < -0.4 is 5.73 Å². The van der Waals surface area contributed by atoms with Gasteiger partial charge in [-0.2, -0.15) is 0 Å². The van der Waals surface area contributed by atoms with Gasteiger partial charge in [0.15, 0.2) is 0 Å². The summed E-state index contributed by atoms with van der Waals surface area (Å²) < 4.78 is 0. The maximum Gasteiger partial charge on any atom is 0.232 e. The lowest BCUT2D eigenvalue weighted by atomic mass is 9.83. The average molecular weight is 337 g/mol. The van der Waals surface area contributed by atoms with Crippen LogP contribution in [0.3, 0.4) is 0 Å². The van der Waals surface area contributed by atoms with E-state index in [1.54, 1.807) is 0 Å². The zero-order chi connectivity index (χ0) is 17.9. The highest BCUT2D eigenvalue weighted by molar-refractivity contribution is 5.87. The fourth-order valence-electron chi connectivity index (χ4n) is 3.43. The van der Waals surface area contributed by atoms with Gasteiger partial charge in [-0.15, -0.1) is 0 Å². The number of piperazine rings is 1. The number of anilines is 1. The molecular weight excluding hydrogens is 310 g/mol. The maximum atomic E-state index is 13.0. The summed E-state index contributed by atoms with van der Waals surface area (Å²) in [5.74, 6) is 0.210. The lowest BCUT2D eigenvalue weighted by Gasteiger charge is -2.38. The van der Waals surface area contributed by atoms with Crippen LogP contribution in [-0.2, 0) is 16.8 Å². The molecule has 1 amide bonds. The van der Waals surface area contributed by atoms with E-state index in [4.69, 9.17) is 5.73 Å². The highest BCUT2D eigenvalue weighted by Gasteiger charge is 2.34. The van der Waals surface area contributed by atoms with Crippen molar-refractivity contribution in [1.29, 1.82) is 0 Å². The highest BCUT2D eigenvalue weighted by atomic mass is 16.2. The summed E-state index contributed by atoms with van der Waals surface area (Å²) in [6.07, 6.45) is 0. The second-order valence-corrected chi connectivity index (χ2v) is 7.30. The van der Waals surface area contributed by atoms with E-state index < -0.39 is 5.41 Å². The van der Waals surface area contributed by atoms with Gasteiger partial charge in [-0.3, -0.25) is 9.69 Å². The number of nitrogens with two attached hydrogens (primary N) is 1. The zero-order valence-corrected chi connectivity index (χ0v) is 15.1. The van der Waals surface area contributed by atoms with Crippen LogP contribution >= 0.6 is 0 Å². The van der Waals surface area contributed by atoms with Crippen LogP contribution in [0.1, 0.15) is 25.0 Å². The van der Waals surface area contributed by atoms with E-state index in [1.165, 1.54) is 5.56 Å². The lowest BCUT2D eigenvalue weighted by molar-refractivity contribution is -0.138. The minimum Gasteiger partial charge on any atom is -0.399 e. The Morgan fingerprint density at radius 1 is 1.00 bits per heavy atom. The van der Waals surface area contributed by atoms with Gasteiger partial charge in [-0.1, -0.05) is 42.5 Å². The SMILES string of the molecule is CC(C)(C(=O)N1CCN(Cc2cccc(N)c2)CC1)c1ccccc1. The van der Waals surface area contributed by atoms with E-state index in [0.29, 0.717) is 0 Å². The smallest absolute Gasteiger partial charge is 0.232 e. The van der Waals surface area contributed by atoms with Crippen molar-refractivity contribution in [2.45, 2.75) is 25.8 Å². The number of carbonyl (C=O) groups is 1. The number of benzene rings is 2. The first kappa shape index (κ1) is 17.5. The maximum absolute atomic E-state index is 13.0. The molecule has 2 aromatic rings. The first-order valence-electron chi connectivity index (χ1n) is 8.88. The molecule has 4 heteroatoms. The van der Waals surface area contributed by atoms with Gasteiger partial charge in [0.2, 0.25) is 5.91 Å². The van der Waals surface area contributed by atoms with E-state index in [1.807, 2.05) is 67.3 Å². The van der Waals surface area contributed by atoms with Gasteiger partial charge in [0.1, 0.15) is 0 Å². The average Bonchev–Trinajstić information content (AvgIpc) is 2.62. The molecule has 1 aliphatic heterocycles. The van der Waals surface area contributed by atoms with Gasteiger partial charge in [-0.25, -0.2) is 0 Å². The van der Waals surface area contributed by atoms with Gasteiger partial charge < -0.3 is 10.6 Å². The molecule has 1 aliphatic rings. The molecule has 1 fully saturated rings. The van der Waals surface area contributed by atoms with Crippen molar-refractivity contribution in [3.8, 4) is 0 Å². The van der Waals surface area contributed by atoms with Gasteiger partial charge in [0.25, 0.3) is 0 Å². The summed E-state index contributed by atoms with van der Waals surface area (Å²) in [4.78, 5) is 17.4. The molecule has 1 heterocycles. The quantitative estimate of drug-likeness (QED) is 0.873. The normalized spacial score (nSPS) is 16.0. The molecule has 0 aliphatic carbocycles. The van der Waals surface area contributed by atoms with Crippen molar-refractivity contribution in [2.75, 3.05) is 31.9 Å². The first-order chi connectivity index (χ1) is 12.0. The summed E-state index contributed by atoms with van der Waals surface area (Å²) in [7, 11) is 0. The molecule has 0 aromatic heterocycles. The Balaban J connectivity index is 1.59. The Morgan fingerprint density at radius 3 is 2.32 bits per heavy atom. The number of rotatable bonds is 4. The van der Waals surface area contributed by atoms with Crippen molar-refractivity contribution < 1.29 is 4.79 Å². The van der Waals surface area contributed by atoms with Crippen molar-refractivity contribution in [3.63, 3.8) is 0 Å². The van der Waals surface area contributed by atoms with Crippen molar-refractivity contribution in [1.82, 2.24) is 9.80 Å². The number of hydrogen-bond donors (Lipinski definition) is 1. The predicted molar refractivity (Wildman–Crippen MR) is 102 cm³/mol. The Hall–Kier alpha value is -2.33. The molecule has 1 saturated heterocycles. The molecule has 3 rings (SSSR count). The molecule has 4 nitrogen and oxygen atoms in total. The third-order valence-corrected chi connectivity index (χ3v) is 5.05. The van der Waals surface area contributed by atoms with Crippen molar-refractivity contribution in [2.24, 2.45) is 0 Å². The standard InChI is InChI=1S/C21H27N3O/c1-21(2,18-8-4-3-5-9-18)20(25)24-13-11-23(12-14-24)16-17-7-6-10-19(22)15-17/h3-10,15H,11-14,16,22H2,1-2H3. The van der Waals surface area contributed by atoms with Crippen LogP contribution in [0.2, 0.25) is 0 Å². The van der Waals surface area contributed by atoms with Crippen LogP contribution in [0.5, 0.6) is 0 Å². The highest BCUT2D eigenvalue weighted by Crippen LogP contribution is 2.26. The van der Waals surface area contributed by atoms with Crippen molar-refractivity contribution in [3.05, 3.63) is 65.7 Å². The Bertz CT molecular complexity index is 719. The van der Waals surface area contributed by atoms with Gasteiger partial charge in [0.05, 0.1) is 5.41 Å². The number of hydrogen-bond acceptors (Lipinski definition) is 3. The molecule has 0 spiro atoms. The molecule has 0 saturated carbocycles. The third-order valence-electron chi connectivity index (χ3n) is 5.05. The van der Waals surface area contributed by atoms with Crippen LogP contribution in [0, 0.1) is 0 Å². The van der Waals surface area contributed by atoms with E-state index in [2.05, 4.69) is 11.0 Å². The number of nitrogens with zero attached hydrogens (tertiary/aromatic N) is 2. The summed E-state index contributed by atoms with van der Waals surface area (Å²) in [6, 6.07) is 18.1. The topological polar surface area (TPSA) is 49.6 Å². The van der Waals surface area contributed by atoms with Gasteiger partial charge in [-0.05, 0) is 37.1 Å². The summed E-state index contributed by atoms with van der Waals surface area (Å²) >= 11 is 0. The summed E-state index contributed by atoms with van der Waals surface area (Å²) in [5.41, 5.74) is 8.47. The zero-order valence-electron chi connectivity index (χ0n) is 15.1. The second-order valence-electron chi connectivity index (χ2n) is 7.30. The first-order valence-corrected chi connectivity index (χ1v) is 8.88. The molecule has 2 aromatic carbocycles. The lowest BCUT2D eigenvalue weighted by Crippen LogP contribution is -2.52. The van der Waals surface area contributed by atoms with Crippen molar-refractivity contribution >= 4 is 11.6 Å². The third kappa shape index (κ3) is 4.02. The largest absolute Gasteiger partial charge is 0.399 e. The molecule has 25 heavy (non-hydrogen) atoms. The Kier molecular flexibility index (Phi) is 5.09. The molecule has 2 N–H and O–H groups in total. The fourth-order valence-corrected chi connectivity index (χ4v) is 3.43. The van der Waals surface area contributed by atoms with Crippen LogP contribution in [-0.4, -0.2) is 41.9 Å². The Morgan fingerprint density at radius 2 is 1.68 bits per heavy atom. The predicted octanol–water partition coefficient (Wildman–Crippen LogP) is 2.89. The van der Waals surface area contributed by atoms with Crippen LogP contribution in [0.4, 0.5) is 5.69 Å².